The molecule has 1 saturated heterocycles. The van der Waals surface area contributed by atoms with E-state index >= 15 is 0 Å². The standard InChI is InChI=1S/C29H30ClN3O5/c1-31(2)18-9-7-17(8-10-18)26-25(27(34)21-15-24(38-6)22(30)16-23(21)37-5)28(35)29(36)33(26)20-13-11-19(12-14-20)32(3)4/h7-16,26,34H,1-6H3/b27-25+. The second-order valence-corrected chi connectivity index (χ2v) is 9.66. The van der Waals surface area contributed by atoms with E-state index in [-0.39, 0.29) is 33.4 Å². The van der Waals surface area contributed by atoms with Gasteiger partial charge in [-0.05, 0) is 48.0 Å². The van der Waals surface area contributed by atoms with E-state index in [9.17, 15) is 14.7 Å². The Labute approximate surface area is 227 Å². The van der Waals surface area contributed by atoms with Gasteiger partial charge in [-0.3, -0.25) is 14.5 Å². The number of halogens is 1. The summed E-state index contributed by atoms with van der Waals surface area (Å²) in [4.78, 5) is 32.3. The quantitative estimate of drug-likeness (QED) is 0.255. The van der Waals surface area contributed by atoms with Crippen LogP contribution in [0.25, 0.3) is 5.76 Å². The highest BCUT2D eigenvalue weighted by atomic mass is 35.5. The second kappa shape index (κ2) is 10.7. The molecule has 0 bridgehead atoms. The van der Waals surface area contributed by atoms with Gasteiger partial charge in [0, 0.05) is 51.3 Å². The number of ketones is 1. The predicted molar refractivity (Wildman–Crippen MR) is 151 cm³/mol. The molecule has 1 atom stereocenters. The third kappa shape index (κ3) is 4.75. The summed E-state index contributed by atoms with van der Waals surface area (Å²) >= 11 is 6.26. The molecule has 9 heteroatoms. The van der Waals surface area contributed by atoms with Crippen molar-refractivity contribution < 1.29 is 24.2 Å². The lowest BCUT2D eigenvalue weighted by Crippen LogP contribution is -2.29. The average molecular weight is 536 g/mol. The highest BCUT2D eigenvalue weighted by Crippen LogP contribution is 2.45. The zero-order chi connectivity index (χ0) is 27.7. The van der Waals surface area contributed by atoms with Crippen LogP contribution in [-0.2, 0) is 9.59 Å². The molecule has 3 aromatic carbocycles. The third-order valence-electron chi connectivity index (χ3n) is 6.54. The van der Waals surface area contributed by atoms with E-state index in [1.165, 1.54) is 31.3 Å². The monoisotopic (exact) mass is 535 g/mol. The predicted octanol–water partition coefficient (Wildman–Crippen LogP) is 5.12. The lowest BCUT2D eigenvalue weighted by Gasteiger charge is -2.26. The summed E-state index contributed by atoms with van der Waals surface area (Å²) in [5, 5.41) is 11.8. The van der Waals surface area contributed by atoms with E-state index < -0.39 is 17.7 Å². The van der Waals surface area contributed by atoms with Gasteiger partial charge < -0.3 is 24.4 Å². The highest BCUT2D eigenvalue weighted by molar-refractivity contribution is 6.51. The summed E-state index contributed by atoms with van der Waals surface area (Å²) in [6, 6.07) is 16.9. The number of rotatable bonds is 7. The molecule has 0 aromatic heterocycles. The van der Waals surface area contributed by atoms with E-state index in [0.29, 0.717) is 11.3 Å². The lowest BCUT2D eigenvalue weighted by molar-refractivity contribution is -0.132. The molecule has 1 unspecified atom stereocenters. The maximum Gasteiger partial charge on any atom is 0.300 e. The molecule has 4 rings (SSSR count). The van der Waals surface area contributed by atoms with Crippen molar-refractivity contribution in [3.8, 4) is 11.5 Å². The van der Waals surface area contributed by atoms with Crippen molar-refractivity contribution in [2.75, 3.05) is 57.1 Å². The van der Waals surface area contributed by atoms with E-state index in [1.54, 1.807) is 12.1 Å². The number of ether oxygens (including phenoxy) is 2. The van der Waals surface area contributed by atoms with Crippen LogP contribution in [0.2, 0.25) is 5.02 Å². The molecule has 1 amide bonds. The van der Waals surface area contributed by atoms with Gasteiger partial charge in [0.15, 0.2) is 0 Å². The second-order valence-electron chi connectivity index (χ2n) is 9.25. The number of aliphatic hydroxyl groups excluding tert-OH is 1. The smallest absolute Gasteiger partial charge is 0.300 e. The van der Waals surface area contributed by atoms with Gasteiger partial charge in [-0.15, -0.1) is 0 Å². The van der Waals surface area contributed by atoms with E-state index in [2.05, 4.69) is 0 Å². The van der Waals surface area contributed by atoms with Gasteiger partial charge in [0.05, 0.1) is 36.4 Å². The van der Waals surface area contributed by atoms with Crippen LogP contribution in [-0.4, -0.2) is 59.2 Å². The van der Waals surface area contributed by atoms with Crippen LogP contribution >= 0.6 is 11.6 Å². The first-order chi connectivity index (χ1) is 18.1. The molecule has 1 N–H and O–H groups in total. The summed E-state index contributed by atoms with van der Waals surface area (Å²) in [5.41, 5.74) is 3.20. The van der Waals surface area contributed by atoms with Crippen LogP contribution in [0.3, 0.4) is 0 Å². The first-order valence-electron chi connectivity index (χ1n) is 11.9. The average Bonchev–Trinajstić information content (AvgIpc) is 3.18. The van der Waals surface area contributed by atoms with Gasteiger partial charge in [-0.2, -0.15) is 0 Å². The Balaban J connectivity index is 1.96. The van der Waals surface area contributed by atoms with Crippen molar-refractivity contribution in [3.63, 3.8) is 0 Å². The summed E-state index contributed by atoms with van der Waals surface area (Å²) in [5.74, 6) is -1.42. The topological polar surface area (TPSA) is 82.5 Å². The Hall–Kier alpha value is -4.17. The van der Waals surface area contributed by atoms with Gasteiger partial charge in [-0.1, -0.05) is 23.7 Å². The Kier molecular flexibility index (Phi) is 7.55. The zero-order valence-corrected chi connectivity index (χ0v) is 22.9. The molecule has 0 saturated carbocycles. The maximum atomic E-state index is 13.5. The largest absolute Gasteiger partial charge is 0.507 e. The zero-order valence-electron chi connectivity index (χ0n) is 22.2. The summed E-state index contributed by atoms with van der Waals surface area (Å²) in [6.45, 7) is 0. The van der Waals surface area contributed by atoms with Gasteiger partial charge in [-0.25, -0.2) is 0 Å². The number of Topliss-reactive ketones (excluding diaryl/α,β-unsaturated/α-hetero) is 1. The summed E-state index contributed by atoms with van der Waals surface area (Å²) in [6.07, 6.45) is 0. The van der Waals surface area contributed by atoms with Crippen molar-refractivity contribution in [2.24, 2.45) is 0 Å². The Bertz CT molecular complexity index is 1400. The molecule has 1 aliphatic rings. The van der Waals surface area contributed by atoms with Gasteiger partial charge in [0.2, 0.25) is 0 Å². The van der Waals surface area contributed by atoms with Crippen molar-refractivity contribution in [3.05, 3.63) is 82.4 Å². The van der Waals surface area contributed by atoms with Crippen LogP contribution < -0.4 is 24.2 Å². The number of nitrogens with zero attached hydrogens (tertiary/aromatic N) is 3. The fourth-order valence-corrected chi connectivity index (χ4v) is 4.70. The van der Waals surface area contributed by atoms with Gasteiger partial charge in [0.1, 0.15) is 17.3 Å². The van der Waals surface area contributed by atoms with Crippen molar-refractivity contribution in [1.82, 2.24) is 0 Å². The Morgan fingerprint density at radius 1 is 0.842 bits per heavy atom. The van der Waals surface area contributed by atoms with E-state index in [1.807, 2.05) is 74.4 Å². The molecule has 0 spiro atoms. The molecule has 1 heterocycles. The minimum Gasteiger partial charge on any atom is -0.507 e. The molecular weight excluding hydrogens is 506 g/mol. The number of carbonyl (C=O) groups excluding carboxylic acids is 2. The molecule has 0 aliphatic carbocycles. The first kappa shape index (κ1) is 26.9. The van der Waals surface area contributed by atoms with Crippen LogP contribution in [0.4, 0.5) is 17.1 Å². The van der Waals surface area contributed by atoms with Crippen LogP contribution in [0.1, 0.15) is 17.2 Å². The normalized spacial score (nSPS) is 16.5. The summed E-state index contributed by atoms with van der Waals surface area (Å²) in [7, 11) is 10.6. The van der Waals surface area contributed by atoms with E-state index in [0.717, 1.165) is 11.4 Å². The van der Waals surface area contributed by atoms with E-state index in [4.69, 9.17) is 21.1 Å². The minimum absolute atomic E-state index is 0.0630. The molecule has 0 radical (unpaired) electrons. The Morgan fingerprint density at radius 3 is 1.87 bits per heavy atom. The molecule has 198 valence electrons. The molecular formula is C29H30ClN3O5. The van der Waals surface area contributed by atoms with Crippen molar-refractivity contribution >= 4 is 46.1 Å². The minimum atomic E-state index is -0.886. The van der Waals surface area contributed by atoms with Crippen LogP contribution in [0, 0.1) is 0 Å². The van der Waals surface area contributed by atoms with Crippen LogP contribution in [0.15, 0.2) is 66.2 Å². The number of aliphatic hydroxyl groups is 1. The van der Waals surface area contributed by atoms with Gasteiger partial charge in [0.25, 0.3) is 11.7 Å². The SMILES string of the molecule is COc1cc(/C(O)=C2\C(=O)C(=O)N(c3ccc(N(C)C)cc3)C2c2ccc(N(C)C)cc2)c(OC)cc1Cl. The Morgan fingerprint density at radius 2 is 1.37 bits per heavy atom. The number of methoxy groups -OCH3 is 2. The number of amides is 1. The number of benzene rings is 3. The number of anilines is 3. The number of hydrogen-bond acceptors (Lipinski definition) is 7. The molecule has 1 fully saturated rings. The first-order valence-corrected chi connectivity index (χ1v) is 12.2. The highest BCUT2D eigenvalue weighted by Gasteiger charge is 2.47. The summed E-state index contributed by atoms with van der Waals surface area (Å²) < 4.78 is 10.8. The number of carbonyl (C=O) groups is 2. The molecule has 38 heavy (non-hydrogen) atoms. The molecule has 3 aromatic rings. The third-order valence-corrected chi connectivity index (χ3v) is 6.84. The van der Waals surface area contributed by atoms with Crippen molar-refractivity contribution in [2.45, 2.75) is 6.04 Å². The molecule has 1 aliphatic heterocycles. The molecule has 8 nitrogen and oxygen atoms in total. The van der Waals surface area contributed by atoms with Crippen LogP contribution in [0.5, 0.6) is 11.5 Å². The fraction of sp³-hybridized carbons (Fsp3) is 0.241. The van der Waals surface area contributed by atoms with Crippen molar-refractivity contribution in [1.29, 1.82) is 0 Å². The fourth-order valence-electron chi connectivity index (χ4n) is 4.47. The number of hydrogen-bond donors (Lipinski definition) is 1. The lowest BCUT2D eigenvalue weighted by atomic mass is 9.94. The maximum absolute atomic E-state index is 13.5. The van der Waals surface area contributed by atoms with Gasteiger partial charge >= 0.3 is 0 Å².